The first kappa shape index (κ1) is 15.7. The Labute approximate surface area is 129 Å². The summed E-state index contributed by atoms with van der Waals surface area (Å²) in [5, 5.41) is 12.3. The molecule has 0 unspecified atom stereocenters. The number of carbonyl (C=O) groups is 1. The first-order chi connectivity index (χ1) is 10.6. The lowest BCUT2D eigenvalue weighted by atomic mass is 10.2. The fourth-order valence-corrected chi connectivity index (χ4v) is 1.88. The van der Waals surface area contributed by atoms with E-state index in [9.17, 15) is 9.90 Å². The number of phenols is 1. The smallest absolute Gasteiger partial charge is 0.262 e. The van der Waals surface area contributed by atoms with Gasteiger partial charge in [0.2, 0.25) is 0 Å². The molecule has 0 fully saturated rings. The lowest BCUT2D eigenvalue weighted by Crippen LogP contribution is -2.20. The zero-order valence-electron chi connectivity index (χ0n) is 12.6. The molecule has 2 N–H and O–H groups in total. The van der Waals surface area contributed by atoms with Crippen molar-refractivity contribution in [3.8, 4) is 17.2 Å². The number of aromatic hydroxyl groups is 1. The number of anilines is 1. The van der Waals surface area contributed by atoms with Crippen molar-refractivity contribution in [1.82, 2.24) is 0 Å². The SMILES string of the molecule is CCOc1ccc(OCC(=O)Nc2ccc(C)cc2O)cc1. The number of benzene rings is 2. The number of phenolic OH excluding ortho intramolecular Hbond substituents is 1. The molecule has 0 spiro atoms. The highest BCUT2D eigenvalue weighted by Crippen LogP contribution is 2.24. The highest BCUT2D eigenvalue weighted by atomic mass is 16.5. The van der Waals surface area contributed by atoms with Crippen LogP contribution >= 0.6 is 0 Å². The van der Waals surface area contributed by atoms with Crippen LogP contribution in [-0.2, 0) is 4.79 Å². The van der Waals surface area contributed by atoms with E-state index in [1.54, 1.807) is 36.4 Å². The van der Waals surface area contributed by atoms with Gasteiger partial charge < -0.3 is 19.9 Å². The van der Waals surface area contributed by atoms with Gasteiger partial charge in [0.1, 0.15) is 17.2 Å². The second-order valence-electron chi connectivity index (χ2n) is 4.76. The van der Waals surface area contributed by atoms with E-state index in [0.717, 1.165) is 11.3 Å². The lowest BCUT2D eigenvalue weighted by Gasteiger charge is -2.10. The Hall–Kier alpha value is -2.69. The molecular formula is C17H19NO4. The summed E-state index contributed by atoms with van der Waals surface area (Å²) in [4.78, 5) is 11.8. The number of amides is 1. The summed E-state index contributed by atoms with van der Waals surface area (Å²) in [5.74, 6) is 1.03. The van der Waals surface area contributed by atoms with Gasteiger partial charge in [-0.05, 0) is 55.8 Å². The Bertz CT molecular complexity index is 638. The van der Waals surface area contributed by atoms with Gasteiger partial charge in [0, 0.05) is 0 Å². The molecule has 0 bridgehead atoms. The third-order valence-electron chi connectivity index (χ3n) is 2.93. The molecule has 0 aliphatic carbocycles. The molecule has 2 aromatic rings. The lowest BCUT2D eigenvalue weighted by molar-refractivity contribution is -0.118. The molecule has 0 atom stereocenters. The van der Waals surface area contributed by atoms with Crippen molar-refractivity contribution < 1.29 is 19.4 Å². The zero-order chi connectivity index (χ0) is 15.9. The molecule has 5 heteroatoms. The minimum atomic E-state index is -0.340. The average Bonchev–Trinajstić information content (AvgIpc) is 2.50. The highest BCUT2D eigenvalue weighted by Gasteiger charge is 2.07. The van der Waals surface area contributed by atoms with Gasteiger partial charge in [0.15, 0.2) is 6.61 Å². The third kappa shape index (κ3) is 4.41. The molecule has 116 valence electrons. The molecule has 0 aliphatic heterocycles. The first-order valence-electron chi connectivity index (χ1n) is 7.03. The molecule has 2 rings (SSSR count). The van der Waals surface area contributed by atoms with Crippen LogP contribution in [0.2, 0.25) is 0 Å². The highest BCUT2D eigenvalue weighted by molar-refractivity contribution is 5.93. The van der Waals surface area contributed by atoms with E-state index in [2.05, 4.69) is 5.32 Å². The number of aryl methyl sites for hydroxylation is 1. The van der Waals surface area contributed by atoms with Crippen molar-refractivity contribution in [1.29, 1.82) is 0 Å². The van der Waals surface area contributed by atoms with Crippen molar-refractivity contribution in [2.24, 2.45) is 0 Å². The molecule has 0 heterocycles. The van der Waals surface area contributed by atoms with Gasteiger partial charge >= 0.3 is 0 Å². The van der Waals surface area contributed by atoms with E-state index < -0.39 is 0 Å². The summed E-state index contributed by atoms with van der Waals surface area (Å²) < 4.78 is 10.7. The van der Waals surface area contributed by atoms with Crippen LogP contribution in [0.4, 0.5) is 5.69 Å². The Kier molecular flexibility index (Phi) is 5.25. The minimum Gasteiger partial charge on any atom is -0.506 e. The quantitative estimate of drug-likeness (QED) is 0.804. The zero-order valence-corrected chi connectivity index (χ0v) is 12.6. The van der Waals surface area contributed by atoms with Crippen LogP contribution in [0.1, 0.15) is 12.5 Å². The third-order valence-corrected chi connectivity index (χ3v) is 2.93. The summed E-state index contributed by atoms with van der Waals surface area (Å²) in [6.45, 7) is 4.24. The average molecular weight is 301 g/mol. The van der Waals surface area contributed by atoms with Crippen molar-refractivity contribution in [2.45, 2.75) is 13.8 Å². The second kappa shape index (κ2) is 7.36. The summed E-state index contributed by atoms with van der Waals surface area (Å²) in [6.07, 6.45) is 0. The predicted molar refractivity (Wildman–Crippen MR) is 84.6 cm³/mol. The number of rotatable bonds is 6. The normalized spacial score (nSPS) is 10.1. The Morgan fingerprint density at radius 3 is 2.32 bits per heavy atom. The van der Waals surface area contributed by atoms with Crippen LogP contribution < -0.4 is 14.8 Å². The number of hydrogen-bond acceptors (Lipinski definition) is 4. The van der Waals surface area contributed by atoms with E-state index in [-0.39, 0.29) is 18.3 Å². The molecule has 2 aromatic carbocycles. The van der Waals surface area contributed by atoms with Crippen LogP contribution in [0.15, 0.2) is 42.5 Å². The van der Waals surface area contributed by atoms with Crippen molar-refractivity contribution >= 4 is 11.6 Å². The van der Waals surface area contributed by atoms with E-state index in [0.29, 0.717) is 18.0 Å². The van der Waals surface area contributed by atoms with Crippen LogP contribution in [0.3, 0.4) is 0 Å². The second-order valence-corrected chi connectivity index (χ2v) is 4.76. The fraction of sp³-hybridized carbons (Fsp3) is 0.235. The largest absolute Gasteiger partial charge is 0.506 e. The predicted octanol–water partition coefficient (Wildman–Crippen LogP) is 3.12. The van der Waals surface area contributed by atoms with Crippen molar-refractivity contribution in [3.63, 3.8) is 0 Å². The van der Waals surface area contributed by atoms with Gasteiger partial charge in [-0.2, -0.15) is 0 Å². The van der Waals surface area contributed by atoms with Gasteiger partial charge in [-0.1, -0.05) is 6.07 Å². The topological polar surface area (TPSA) is 67.8 Å². The molecule has 0 aromatic heterocycles. The summed E-state index contributed by atoms with van der Waals surface area (Å²) in [6, 6.07) is 12.1. The van der Waals surface area contributed by atoms with Gasteiger partial charge in [0.25, 0.3) is 5.91 Å². The van der Waals surface area contributed by atoms with Gasteiger partial charge in [0.05, 0.1) is 12.3 Å². The molecule has 0 saturated heterocycles. The molecule has 0 aliphatic rings. The first-order valence-corrected chi connectivity index (χ1v) is 7.03. The van der Waals surface area contributed by atoms with Crippen LogP contribution in [0.25, 0.3) is 0 Å². The monoisotopic (exact) mass is 301 g/mol. The Morgan fingerprint density at radius 1 is 1.09 bits per heavy atom. The summed E-state index contributed by atoms with van der Waals surface area (Å²) in [5.41, 5.74) is 1.28. The fourth-order valence-electron chi connectivity index (χ4n) is 1.88. The minimum absolute atomic E-state index is 0.0365. The summed E-state index contributed by atoms with van der Waals surface area (Å²) >= 11 is 0. The van der Waals surface area contributed by atoms with Crippen LogP contribution in [0.5, 0.6) is 17.2 Å². The van der Waals surface area contributed by atoms with Crippen molar-refractivity contribution in [3.05, 3.63) is 48.0 Å². The number of ether oxygens (including phenoxy) is 2. The van der Waals surface area contributed by atoms with E-state index >= 15 is 0 Å². The van der Waals surface area contributed by atoms with Crippen LogP contribution in [0, 0.1) is 6.92 Å². The number of carbonyl (C=O) groups excluding carboxylic acids is 1. The Balaban J connectivity index is 1.87. The van der Waals surface area contributed by atoms with Crippen molar-refractivity contribution in [2.75, 3.05) is 18.5 Å². The molecule has 0 saturated carbocycles. The van der Waals surface area contributed by atoms with E-state index in [1.807, 2.05) is 19.9 Å². The van der Waals surface area contributed by atoms with E-state index in [1.165, 1.54) is 0 Å². The Morgan fingerprint density at radius 2 is 1.73 bits per heavy atom. The maximum absolute atomic E-state index is 11.8. The number of hydrogen-bond donors (Lipinski definition) is 2. The molecule has 22 heavy (non-hydrogen) atoms. The van der Waals surface area contributed by atoms with E-state index in [4.69, 9.17) is 9.47 Å². The number of nitrogens with one attached hydrogen (secondary N) is 1. The molecule has 1 amide bonds. The van der Waals surface area contributed by atoms with Gasteiger partial charge in [-0.15, -0.1) is 0 Å². The maximum Gasteiger partial charge on any atom is 0.262 e. The maximum atomic E-state index is 11.8. The summed E-state index contributed by atoms with van der Waals surface area (Å²) in [7, 11) is 0. The molecule has 0 radical (unpaired) electrons. The van der Waals surface area contributed by atoms with Gasteiger partial charge in [-0.25, -0.2) is 0 Å². The standard InChI is InChI=1S/C17H19NO4/c1-3-21-13-5-7-14(8-6-13)22-11-17(20)18-15-9-4-12(2)10-16(15)19/h4-10,19H,3,11H2,1-2H3,(H,18,20). The van der Waals surface area contributed by atoms with Crippen LogP contribution in [-0.4, -0.2) is 24.2 Å². The molecular weight excluding hydrogens is 282 g/mol. The molecule has 5 nitrogen and oxygen atoms in total. The van der Waals surface area contributed by atoms with Gasteiger partial charge in [-0.3, -0.25) is 4.79 Å².